The normalized spacial score (nSPS) is 11.7. The number of sulfonamides is 1. The molecule has 0 saturated carbocycles. The van der Waals surface area contributed by atoms with E-state index in [9.17, 15) is 17.2 Å². The summed E-state index contributed by atoms with van der Waals surface area (Å²) in [5, 5.41) is -0.176. The maximum absolute atomic E-state index is 13.1. The van der Waals surface area contributed by atoms with Gasteiger partial charge in [0.2, 0.25) is 10.0 Å². The van der Waals surface area contributed by atoms with Crippen molar-refractivity contribution >= 4 is 21.6 Å². The number of halogens is 3. The fourth-order valence-electron chi connectivity index (χ4n) is 0.996. The van der Waals surface area contributed by atoms with Gasteiger partial charge in [-0.15, -0.1) is 0 Å². The summed E-state index contributed by atoms with van der Waals surface area (Å²) in [6.45, 7) is 1.60. The average molecular weight is 256 g/mol. The van der Waals surface area contributed by atoms with E-state index in [1.54, 1.807) is 0 Å². The Balaban J connectivity index is 3.38. The topological polar surface area (TPSA) is 46.2 Å². The second-order valence-corrected chi connectivity index (χ2v) is 4.87. The summed E-state index contributed by atoms with van der Waals surface area (Å²) in [5.74, 6) is -2.72. The van der Waals surface area contributed by atoms with E-state index in [0.29, 0.717) is 6.07 Å². The molecule has 0 radical (unpaired) electrons. The molecule has 0 bridgehead atoms. The predicted octanol–water partition coefficient (Wildman–Crippen LogP) is 1.92. The van der Waals surface area contributed by atoms with Crippen LogP contribution in [-0.2, 0) is 10.0 Å². The monoisotopic (exact) mass is 255 g/mol. The van der Waals surface area contributed by atoms with Crippen molar-refractivity contribution in [3.63, 3.8) is 0 Å². The van der Waals surface area contributed by atoms with E-state index in [4.69, 9.17) is 11.6 Å². The Morgan fingerprint density at radius 1 is 1.40 bits per heavy atom. The SMILES string of the molecule is CCNS(=O)(=O)c1cc(Cl)cc(F)c1F. The van der Waals surface area contributed by atoms with Crippen molar-refractivity contribution in [1.82, 2.24) is 4.72 Å². The third-order valence-corrected chi connectivity index (χ3v) is 3.35. The highest BCUT2D eigenvalue weighted by Crippen LogP contribution is 2.22. The second kappa shape index (κ2) is 4.42. The Bertz CT molecular complexity index is 476. The number of hydrogen-bond donors (Lipinski definition) is 1. The Hall–Kier alpha value is -0.720. The van der Waals surface area contributed by atoms with E-state index >= 15 is 0 Å². The predicted molar refractivity (Wildman–Crippen MR) is 52.2 cm³/mol. The zero-order valence-electron chi connectivity index (χ0n) is 7.72. The molecular formula is C8H8ClF2NO2S. The van der Waals surface area contributed by atoms with Crippen LogP contribution in [0.5, 0.6) is 0 Å². The quantitative estimate of drug-likeness (QED) is 0.839. The largest absolute Gasteiger partial charge is 0.243 e. The van der Waals surface area contributed by atoms with Gasteiger partial charge in [-0.1, -0.05) is 18.5 Å². The number of rotatable bonds is 3. The Morgan fingerprint density at radius 3 is 2.53 bits per heavy atom. The minimum Gasteiger partial charge on any atom is -0.211 e. The number of nitrogens with one attached hydrogen (secondary N) is 1. The van der Waals surface area contributed by atoms with Crippen LogP contribution >= 0.6 is 11.6 Å². The molecule has 0 aliphatic carbocycles. The van der Waals surface area contributed by atoms with Crippen LogP contribution in [0.1, 0.15) is 6.92 Å². The molecule has 1 N–H and O–H groups in total. The van der Waals surface area contributed by atoms with Crippen LogP contribution in [0, 0.1) is 11.6 Å². The first-order chi connectivity index (χ1) is 6.88. The molecule has 0 heterocycles. The molecule has 3 nitrogen and oxygen atoms in total. The minimum absolute atomic E-state index is 0.0793. The van der Waals surface area contributed by atoms with Crippen LogP contribution in [0.4, 0.5) is 8.78 Å². The minimum atomic E-state index is -4.04. The van der Waals surface area contributed by atoms with E-state index in [0.717, 1.165) is 6.07 Å². The van der Waals surface area contributed by atoms with Crippen molar-refractivity contribution in [2.24, 2.45) is 0 Å². The van der Waals surface area contributed by atoms with Gasteiger partial charge in [-0.25, -0.2) is 21.9 Å². The van der Waals surface area contributed by atoms with E-state index < -0.39 is 26.6 Å². The molecule has 0 atom stereocenters. The summed E-state index contributed by atoms with van der Waals surface area (Å²) in [5.41, 5.74) is 0. The standard InChI is InChI=1S/C8H8ClF2NO2S/c1-2-12-15(13,14)7-4-5(9)3-6(10)8(7)11/h3-4,12H,2H2,1H3. The van der Waals surface area contributed by atoms with E-state index in [1.165, 1.54) is 6.92 Å². The maximum atomic E-state index is 13.1. The van der Waals surface area contributed by atoms with Crippen molar-refractivity contribution in [2.75, 3.05) is 6.54 Å². The molecule has 0 aromatic heterocycles. The summed E-state index contributed by atoms with van der Waals surface area (Å²) in [6, 6.07) is 1.57. The summed E-state index contributed by atoms with van der Waals surface area (Å²) in [6.07, 6.45) is 0. The lowest BCUT2D eigenvalue weighted by Crippen LogP contribution is -2.24. The molecule has 1 rings (SSSR count). The van der Waals surface area contributed by atoms with Gasteiger partial charge in [0, 0.05) is 11.6 Å². The van der Waals surface area contributed by atoms with Crippen molar-refractivity contribution in [2.45, 2.75) is 11.8 Å². The molecule has 0 aliphatic heterocycles. The molecule has 0 aliphatic rings. The van der Waals surface area contributed by atoms with Gasteiger partial charge in [-0.2, -0.15) is 0 Å². The summed E-state index contributed by atoms with van der Waals surface area (Å²) < 4.78 is 50.8. The lowest BCUT2D eigenvalue weighted by molar-refractivity contribution is 0.483. The first kappa shape index (κ1) is 12.4. The summed E-state index contributed by atoms with van der Waals surface area (Å²) >= 11 is 5.43. The Labute approximate surface area is 91.1 Å². The molecule has 1 aromatic carbocycles. The third kappa shape index (κ3) is 2.64. The lowest BCUT2D eigenvalue weighted by Gasteiger charge is -2.06. The van der Waals surface area contributed by atoms with Crippen LogP contribution < -0.4 is 4.72 Å². The highest BCUT2D eigenvalue weighted by molar-refractivity contribution is 7.89. The van der Waals surface area contributed by atoms with Crippen LogP contribution in [0.3, 0.4) is 0 Å². The molecule has 7 heteroatoms. The maximum Gasteiger partial charge on any atom is 0.243 e. The Kier molecular flexibility index (Phi) is 3.64. The van der Waals surface area contributed by atoms with E-state index in [-0.39, 0.29) is 11.6 Å². The van der Waals surface area contributed by atoms with Gasteiger partial charge in [-0.05, 0) is 12.1 Å². The van der Waals surface area contributed by atoms with Crippen molar-refractivity contribution < 1.29 is 17.2 Å². The molecule has 0 spiro atoms. The zero-order valence-corrected chi connectivity index (χ0v) is 9.29. The van der Waals surface area contributed by atoms with Gasteiger partial charge in [0.15, 0.2) is 11.6 Å². The fraction of sp³-hybridized carbons (Fsp3) is 0.250. The van der Waals surface area contributed by atoms with E-state index in [1.807, 2.05) is 4.72 Å². The van der Waals surface area contributed by atoms with Crippen molar-refractivity contribution in [3.05, 3.63) is 28.8 Å². The summed E-state index contributed by atoms with van der Waals surface area (Å²) in [4.78, 5) is -0.783. The molecule has 0 amide bonds. The van der Waals surface area contributed by atoms with Crippen molar-refractivity contribution in [3.8, 4) is 0 Å². The van der Waals surface area contributed by atoms with Gasteiger partial charge in [-0.3, -0.25) is 0 Å². The smallest absolute Gasteiger partial charge is 0.211 e. The molecule has 1 aromatic rings. The number of benzene rings is 1. The van der Waals surface area contributed by atoms with Crippen LogP contribution in [0.25, 0.3) is 0 Å². The van der Waals surface area contributed by atoms with Gasteiger partial charge >= 0.3 is 0 Å². The number of hydrogen-bond acceptors (Lipinski definition) is 2. The highest BCUT2D eigenvalue weighted by Gasteiger charge is 2.21. The van der Waals surface area contributed by atoms with Crippen LogP contribution in [0.2, 0.25) is 5.02 Å². The second-order valence-electron chi connectivity index (χ2n) is 2.70. The zero-order chi connectivity index (χ0) is 11.6. The van der Waals surface area contributed by atoms with Gasteiger partial charge < -0.3 is 0 Å². The van der Waals surface area contributed by atoms with Crippen LogP contribution in [-0.4, -0.2) is 15.0 Å². The highest BCUT2D eigenvalue weighted by atomic mass is 35.5. The van der Waals surface area contributed by atoms with Gasteiger partial charge in [0.05, 0.1) is 0 Å². The average Bonchev–Trinajstić information content (AvgIpc) is 2.11. The van der Waals surface area contributed by atoms with E-state index in [2.05, 4.69) is 0 Å². The first-order valence-electron chi connectivity index (χ1n) is 4.02. The third-order valence-electron chi connectivity index (χ3n) is 1.58. The summed E-state index contributed by atoms with van der Waals surface area (Å²) in [7, 11) is -4.04. The molecule has 0 unspecified atom stereocenters. The lowest BCUT2D eigenvalue weighted by atomic mass is 10.3. The molecule has 15 heavy (non-hydrogen) atoms. The molecule has 0 fully saturated rings. The van der Waals surface area contributed by atoms with Crippen LogP contribution in [0.15, 0.2) is 17.0 Å². The van der Waals surface area contributed by atoms with Gasteiger partial charge in [0.25, 0.3) is 0 Å². The molecular weight excluding hydrogens is 248 g/mol. The van der Waals surface area contributed by atoms with Crippen molar-refractivity contribution in [1.29, 1.82) is 0 Å². The Morgan fingerprint density at radius 2 is 2.00 bits per heavy atom. The van der Waals surface area contributed by atoms with Gasteiger partial charge in [0.1, 0.15) is 4.90 Å². The molecule has 84 valence electrons. The molecule has 0 saturated heterocycles. The fourth-order valence-corrected chi connectivity index (χ4v) is 2.42. The first-order valence-corrected chi connectivity index (χ1v) is 5.89.